The van der Waals surface area contributed by atoms with E-state index in [4.69, 9.17) is 0 Å². The Balaban J connectivity index is 2.41. The van der Waals surface area contributed by atoms with Gasteiger partial charge in [-0.2, -0.15) is 0 Å². The van der Waals surface area contributed by atoms with E-state index in [0.29, 0.717) is 18.1 Å². The number of benzene rings is 1. The van der Waals surface area contributed by atoms with Gasteiger partial charge in [0.2, 0.25) is 0 Å². The summed E-state index contributed by atoms with van der Waals surface area (Å²) in [6, 6.07) is 8.56. The molecular weight excluding hydrogens is 208 g/mol. The van der Waals surface area contributed by atoms with Gasteiger partial charge in [-0.25, -0.2) is 0 Å². The molecule has 1 aromatic rings. The van der Waals surface area contributed by atoms with E-state index in [-0.39, 0.29) is 0 Å². The fraction of sp³-hybridized carbons (Fsp3) is 0.438. The normalized spacial score (nSPS) is 20.2. The van der Waals surface area contributed by atoms with Crippen LogP contribution in [0.3, 0.4) is 0 Å². The van der Waals surface area contributed by atoms with Gasteiger partial charge in [0, 0.05) is 12.3 Å². The highest BCUT2D eigenvalue weighted by molar-refractivity contribution is 6.00. The van der Waals surface area contributed by atoms with Crippen LogP contribution in [-0.4, -0.2) is 5.78 Å². The van der Waals surface area contributed by atoms with Crippen molar-refractivity contribution in [3.8, 4) is 0 Å². The van der Waals surface area contributed by atoms with Crippen LogP contribution in [0.2, 0.25) is 0 Å². The molecule has 0 amide bonds. The van der Waals surface area contributed by atoms with Crippen LogP contribution in [0.15, 0.2) is 35.4 Å². The molecule has 0 bridgehead atoms. The van der Waals surface area contributed by atoms with Gasteiger partial charge in [0.05, 0.1) is 0 Å². The van der Waals surface area contributed by atoms with E-state index >= 15 is 0 Å². The van der Waals surface area contributed by atoms with Crippen molar-refractivity contribution in [1.29, 1.82) is 0 Å². The molecule has 2 rings (SSSR count). The van der Waals surface area contributed by atoms with Crippen molar-refractivity contribution in [2.24, 2.45) is 0 Å². The summed E-state index contributed by atoms with van der Waals surface area (Å²) in [5.74, 6) is 0.693. The predicted octanol–water partition coefficient (Wildman–Crippen LogP) is 4.17. The maximum absolute atomic E-state index is 12.0. The topological polar surface area (TPSA) is 17.1 Å². The first kappa shape index (κ1) is 12.1. The third-order valence-corrected chi connectivity index (χ3v) is 3.71. The van der Waals surface area contributed by atoms with Crippen LogP contribution in [0, 0.1) is 6.92 Å². The van der Waals surface area contributed by atoms with Crippen molar-refractivity contribution >= 4 is 5.78 Å². The molecule has 0 unspecified atom stereocenters. The van der Waals surface area contributed by atoms with Gasteiger partial charge in [-0.3, -0.25) is 4.79 Å². The number of ketones is 1. The zero-order valence-electron chi connectivity index (χ0n) is 10.9. The molecular formula is C16H20O. The van der Waals surface area contributed by atoms with Gasteiger partial charge in [-0.15, -0.1) is 0 Å². The van der Waals surface area contributed by atoms with Crippen LogP contribution < -0.4 is 0 Å². The fourth-order valence-electron chi connectivity index (χ4n) is 2.91. The lowest BCUT2D eigenvalue weighted by Gasteiger charge is -2.14. The maximum atomic E-state index is 12.0. The highest BCUT2D eigenvalue weighted by Gasteiger charge is 2.30. The Morgan fingerprint density at radius 3 is 2.59 bits per heavy atom. The van der Waals surface area contributed by atoms with Crippen molar-refractivity contribution in [3.05, 3.63) is 46.5 Å². The molecule has 90 valence electrons. The highest BCUT2D eigenvalue weighted by atomic mass is 16.1. The lowest BCUT2D eigenvalue weighted by molar-refractivity contribution is -0.115. The van der Waals surface area contributed by atoms with Crippen molar-refractivity contribution in [1.82, 2.24) is 0 Å². The van der Waals surface area contributed by atoms with E-state index in [1.807, 2.05) is 0 Å². The summed E-state index contributed by atoms with van der Waals surface area (Å²) in [5, 5.41) is 0. The Bertz CT molecular complexity index is 468. The van der Waals surface area contributed by atoms with E-state index in [1.54, 1.807) is 0 Å². The molecule has 1 aromatic carbocycles. The van der Waals surface area contributed by atoms with E-state index in [9.17, 15) is 4.79 Å². The second kappa shape index (κ2) is 4.87. The maximum Gasteiger partial charge on any atom is 0.159 e. The average molecular weight is 228 g/mol. The van der Waals surface area contributed by atoms with Crippen LogP contribution in [0.4, 0.5) is 0 Å². The van der Waals surface area contributed by atoms with Crippen molar-refractivity contribution in [3.63, 3.8) is 0 Å². The minimum Gasteiger partial charge on any atom is -0.295 e. The quantitative estimate of drug-likeness (QED) is 0.759. The van der Waals surface area contributed by atoms with Crippen molar-refractivity contribution in [2.75, 3.05) is 0 Å². The van der Waals surface area contributed by atoms with Crippen molar-refractivity contribution < 1.29 is 4.79 Å². The van der Waals surface area contributed by atoms with Gasteiger partial charge in [0.1, 0.15) is 0 Å². The Kier molecular flexibility index (Phi) is 3.46. The average Bonchev–Trinajstić information content (AvgIpc) is 2.65. The number of allylic oxidation sites excluding steroid dienone is 2. The first-order valence-corrected chi connectivity index (χ1v) is 6.49. The fourth-order valence-corrected chi connectivity index (χ4v) is 2.91. The molecule has 0 saturated heterocycles. The molecule has 1 nitrogen and oxygen atoms in total. The minimum absolute atomic E-state index is 0.336. The second-order valence-corrected chi connectivity index (χ2v) is 4.80. The van der Waals surface area contributed by atoms with Gasteiger partial charge in [-0.1, -0.05) is 49.2 Å². The number of hydrogen-bond acceptors (Lipinski definition) is 1. The molecule has 0 saturated carbocycles. The smallest absolute Gasteiger partial charge is 0.159 e. The predicted molar refractivity (Wildman–Crippen MR) is 71.2 cm³/mol. The summed E-state index contributed by atoms with van der Waals surface area (Å²) in [6.45, 7) is 6.35. The summed E-state index contributed by atoms with van der Waals surface area (Å²) in [4.78, 5) is 12.0. The largest absolute Gasteiger partial charge is 0.295 e. The molecule has 1 heteroatoms. The zero-order valence-corrected chi connectivity index (χ0v) is 10.9. The molecule has 17 heavy (non-hydrogen) atoms. The second-order valence-electron chi connectivity index (χ2n) is 4.80. The summed E-state index contributed by atoms with van der Waals surface area (Å²) in [6.07, 6.45) is 2.55. The van der Waals surface area contributed by atoms with E-state index in [2.05, 4.69) is 45.0 Å². The van der Waals surface area contributed by atoms with Crippen LogP contribution in [-0.2, 0) is 4.79 Å². The monoisotopic (exact) mass is 228 g/mol. The molecule has 1 aliphatic rings. The van der Waals surface area contributed by atoms with Crippen LogP contribution in [0.25, 0.3) is 0 Å². The zero-order chi connectivity index (χ0) is 12.4. The number of carbonyl (C=O) groups is 1. The molecule has 0 heterocycles. The lowest BCUT2D eigenvalue weighted by atomic mass is 9.89. The third kappa shape index (κ3) is 2.19. The number of aryl methyl sites for hydroxylation is 1. The molecule has 0 radical (unpaired) electrons. The Morgan fingerprint density at radius 1 is 1.24 bits per heavy atom. The summed E-state index contributed by atoms with van der Waals surface area (Å²) >= 11 is 0. The first-order valence-electron chi connectivity index (χ1n) is 6.49. The first-order chi connectivity index (χ1) is 8.17. The van der Waals surface area contributed by atoms with E-state index in [1.165, 1.54) is 16.7 Å². The van der Waals surface area contributed by atoms with E-state index in [0.717, 1.165) is 18.4 Å². The molecule has 0 fully saturated rings. The SMILES string of the molecule is CCC1=C(CC)[C@@H](c2cccc(C)c2)CC1=O. The molecule has 0 N–H and O–H groups in total. The summed E-state index contributed by atoms with van der Waals surface area (Å²) in [7, 11) is 0. The molecule has 0 spiro atoms. The molecule has 0 aliphatic heterocycles. The Morgan fingerprint density at radius 2 is 2.00 bits per heavy atom. The number of hydrogen-bond donors (Lipinski definition) is 0. The molecule has 1 atom stereocenters. The molecule has 1 aliphatic carbocycles. The van der Waals surface area contributed by atoms with Gasteiger partial charge in [0.15, 0.2) is 5.78 Å². The summed E-state index contributed by atoms with van der Waals surface area (Å²) < 4.78 is 0. The standard InChI is InChI=1S/C16H20O/c1-4-13-14(5-2)16(17)10-15(13)12-8-6-7-11(3)9-12/h6-9,15H,4-5,10H2,1-3H3/t15-/m1/s1. The molecule has 0 aromatic heterocycles. The van der Waals surface area contributed by atoms with Crippen molar-refractivity contribution in [2.45, 2.75) is 46.0 Å². The van der Waals surface area contributed by atoms with Gasteiger partial charge < -0.3 is 0 Å². The number of Topliss-reactive ketones (excluding diaryl/α,β-unsaturated/α-hetero) is 1. The van der Waals surface area contributed by atoms with E-state index < -0.39 is 0 Å². The lowest BCUT2D eigenvalue weighted by Crippen LogP contribution is -1.99. The highest BCUT2D eigenvalue weighted by Crippen LogP contribution is 2.40. The van der Waals surface area contributed by atoms with Crippen LogP contribution in [0.1, 0.15) is 50.2 Å². The van der Waals surface area contributed by atoms with Gasteiger partial charge in [0.25, 0.3) is 0 Å². The summed E-state index contributed by atoms with van der Waals surface area (Å²) in [5.41, 5.74) is 5.02. The Hall–Kier alpha value is -1.37. The van der Waals surface area contributed by atoms with Gasteiger partial charge >= 0.3 is 0 Å². The van der Waals surface area contributed by atoms with Crippen LogP contribution in [0.5, 0.6) is 0 Å². The third-order valence-electron chi connectivity index (χ3n) is 3.71. The minimum atomic E-state index is 0.336. The van der Waals surface area contributed by atoms with Gasteiger partial charge in [-0.05, 0) is 30.9 Å². The van der Waals surface area contributed by atoms with Crippen LogP contribution >= 0.6 is 0 Å². The number of carbonyl (C=O) groups excluding carboxylic acids is 1. The Labute approximate surface area is 104 Å². The number of rotatable bonds is 3.